The van der Waals surface area contributed by atoms with Crippen LogP contribution in [0.3, 0.4) is 0 Å². The lowest BCUT2D eigenvalue weighted by Gasteiger charge is -2.20. The highest BCUT2D eigenvalue weighted by atomic mass is 16.5. The van der Waals surface area contributed by atoms with Crippen LogP contribution in [0.15, 0.2) is 12.2 Å². The molecule has 3 aliphatic rings. The Morgan fingerprint density at radius 1 is 0.848 bits per heavy atom. The Bertz CT molecular complexity index is 1010. The van der Waals surface area contributed by atoms with Gasteiger partial charge in [0.15, 0.2) is 5.78 Å². The number of ether oxygens (including phenoxy) is 2. The van der Waals surface area contributed by atoms with Crippen LogP contribution in [-0.2, 0) is 27.1 Å². The zero-order valence-corrected chi connectivity index (χ0v) is 18.9. The van der Waals surface area contributed by atoms with E-state index in [0.717, 1.165) is 30.6 Å². The van der Waals surface area contributed by atoms with Crippen LogP contribution in [0.25, 0.3) is 0 Å². The molecule has 2 aliphatic carbocycles. The second-order valence-corrected chi connectivity index (χ2v) is 8.63. The number of carbonyl (C=O) groups excluding carboxylic acids is 5. The number of methoxy groups -OCH3 is 2. The van der Waals surface area contributed by atoms with E-state index in [1.807, 2.05) is 12.2 Å². The number of nitrogens with zero attached hydrogens (tertiary/aromatic N) is 1. The second-order valence-electron chi connectivity index (χ2n) is 8.63. The molecule has 0 N–H and O–H groups in total. The molecular weight excluding hydrogens is 426 g/mol. The van der Waals surface area contributed by atoms with E-state index in [-0.39, 0.29) is 40.5 Å². The van der Waals surface area contributed by atoms with Gasteiger partial charge in [0, 0.05) is 5.92 Å². The SMILES string of the molecule is COC(=O)c1c2c(c(C(=O)OC)c3c1C(=O)N(CC(=O)C1CCCC1)C3=O)CC/C=C/CC2. The summed E-state index contributed by atoms with van der Waals surface area (Å²) in [5.74, 6) is -3.33. The van der Waals surface area contributed by atoms with E-state index in [2.05, 4.69) is 0 Å². The highest BCUT2D eigenvalue weighted by Gasteiger charge is 2.46. The average Bonchev–Trinajstić information content (AvgIpc) is 3.41. The van der Waals surface area contributed by atoms with E-state index in [1.54, 1.807) is 0 Å². The van der Waals surface area contributed by atoms with E-state index in [1.165, 1.54) is 14.2 Å². The fourth-order valence-corrected chi connectivity index (χ4v) is 5.22. The van der Waals surface area contributed by atoms with Gasteiger partial charge in [-0.05, 0) is 49.7 Å². The fourth-order valence-electron chi connectivity index (χ4n) is 5.22. The normalized spacial score (nSPS) is 18.9. The van der Waals surface area contributed by atoms with Crippen molar-refractivity contribution < 1.29 is 33.4 Å². The number of fused-ring (bicyclic) bond motifs is 2. The molecule has 1 heterocycles. The minimum absolute atomic E-state index is 0.0135. The van der Waals surface area contributed by atoms with E-state index < -0.39 is 23.8 Å². The van der Waals surface area contributed by atoms with Crippen LogP contribution >= 0.6 is 0 Å². The highest BCUT2D eigenvalue weighted by molar-refractivity contribution is 6.28. The molecule has 0 unspecified atom stereocenters. The quantitative estimate of drug-likeness (QED) is 0.383. The van der Waals surface area contributed by atoms with Crippen molar-refractivity contribution in [3.8, 4) is 0 Å². The van der Waals surface area contributed by atoms with Gasteiger partial charge in [-0.25, -0.2) is 9.59 Å². The summed E-state index contributed by atoms with van der Waals surface area (Å²) in [6.45, 7) is -0.371. The summed E-state index contributed by atoms with van der Waals surface area (Å²) in [5.41, 5.74) is 0.759. The minimum atomic E-state index is -0.743. The fraction of sp³-hybridized carbons (Fsp3) is 0.480. The molecule has 1 fully saturated rings. The summed E-state index contributed by atoms with van der Waals surface area (Å²) < 4.78 is 9.97. The Morgan fingerprint density at radius 3 is 1.73 bits per heavy atom. The molecule has 1 saturated carbocycles. The zero-order chi connectivity index (χ0) is 23.7. The molecule has 0 radical (unpaired) electrons. The van der Waals surface area contributed by atoms with Gasteiger partial charge in [0.1, 0.15) is 0 Å². The maximum absolute atomic E-state index is 13.5. The number of Topliss-reactive ketones (excluding diaryl/α,β-unsaturated/α-hetero) is 1. The van der Waals surface area contributed by atoms with Gasteiger partial charge < -0.3 is 9.47 Å². The first-order valence-corrected chi connectivity index (χ1v) is 11.3. The first-order chi connectivity index (χ1) is 15.9. The van der Waals surface area contributed by atoms with E-state index in [4.69, 9.17) is 9.47 Å². The van der Waals surface area contributed by atoms with Gasteiger partial charge in [-0.2, -0.15) is 0 Å². The summed E-state index contributed by atoms with van der Waals surface area (Å²) in [7, 11) is 2.42. The molecule has 0 atom stereocenters. The van der Waals surface area contributed by atoms with Crippen molar-refractivity contribution in [1.29, 1.82) is 0 Å². The van der Waals surface area contributed by atoms with Crippen LogP contribution in [0.5, 0.6) is 0 Å². The maximum Gasteiger partial charge on any atom is 0.338 e. The standard InChI is InChI=1S/C25H27NO7/c1-32-24(30)18-15-11-5-3-4-6-12-16(15)19(25(31)33-2)21-20(18)22(28)26(23(21)29)13-17(27)14-9-7-8-10-14/h3-4,14H,5-13H2,1-2H3/b4-3+. The molecule has 33 heavy (non-hydrogen) atoms. The van der Waals surface area contributed by atoms with Crippen molar-refractivity contribution in [2.45, 2.75) is 51.4 Å². The van der Waals surface area contributed by atoms with Crippen LogP contribution in [0.1, 0.15) is 91.1 Å². The molecule has 2 amide bonds. The lowest BCUT2D eigenvalue weighted by Crippen LogP contribution is -2.37. The molecule has 4 rings (SSSR count). The summed E-state index contributed by atoms with van der Waals surface area (Å²) in [5, 5.41) is 0. The van der Waals surface area contributed by atoms with Crippen LogP contribution in [0, 0.1) is 5.92 Å². The number of allylic oxidation sites excluding steroid dienone is 2. The van der Waals surface area contributed by atoms with Crippen molar-refractivity contribution in [3.63, 3.8) is 0 Å². The number of rotatable bonds is 5. The molecule has 8 nitrogen and oxygen atoms in total. The Balaban J connectivity index is 1.91. The molecule has 0 bridgehead atoms. The van der Waals surface area contributed by atoms with Gasteiger partial charge in [-0.1, -0.05) is 25.0 Å². The summed E-state index contributed by atoms with van der Waals surface area (Å²) >= 11 is 0. The predicted molar refractivity (Wildman–Crippen MR) is 117 cm³/mol. The Morgan fingerprint density at radius 2 is 1.30 bits per heavy atom. The monoisotopic (exact) mass is 453 g/mol. The molecule has 1 aromatic rings. The lowest BCUT2D eigenvalue weighted by atomic mass is 9.82. The van der Waals surface area contributed by atoms with Gasteiger partial charge >= 0.3 is 11.9 Å². The molecule has 1 aromatic carbocycles. The number of ketones is 1. The molecule has 8 heteroatoms. The van der Waals surface area contributed by atoms with Crippen molar-refractivity contribution in [2.24, 2.45) is 5.92 Å². The van der Waals surface area contributed by atoms with Crippen molar-refractivity contribution in [1.82, 2.24) is 4.90 Å². The largest absolute Gasteiger partial charge is 0.465 e. The zero-order valence-electron chi connectivity index (χ0n) is 18.9. The third kappa shape index (κ3) is 3.87. The number of benzene rings is 1. The van der Waals surface area contributed by atoms with Crippen LogP contribution in [0.2, 0.25) is 0 Å². The van der Waals surface area contributed by atoms with E-state index >= 15 is 0 Å². The molecule has 174 valence electrons. The Labute approximate surface area is 191 Å². The third-order valence-electron chi connectivity index (χ3n) is 6.83. The number of imide groups is 1. The molecule has 0 saturated heterocycles. The number of amides is 2. The smallest absolute Gasteiger partial charge is 0.338 e. The number of carbonyl (C=O) groups is 5. The first-order valence-electron chi connectivity index (χ1n) is 11.3. The van der Waals surface area contributed by atoms with Crippen molar-refractivity contribution >= 4 is 29.5 Å². The highest BCUT2D eigenvalue weighted by Crippen LogP contribution is 2.38. The van der Waals surface area contributed by atoms with E-state index in [0.29, 0.717) is 36.8 Å². The topological polar surface area (TPSA) is 107 Å². The average molecular weight is 453 g/mol. The lowest BCUT2D eigenvalue weighted by molar-refractivity contribution is -0.123. The van der Waals surface area contributed by atoms with Crippen LogP contribution < -0.4 is 0 Å². The number of hydrogen-bond donors (Lipinski definition) is 0. The minimum Gasteiger partial charge on any atom is -0.465 e. The first kappa shape index (κ1) is 22.9. The van der Waals surface area contributed by atoms with E-state index in [9.17, 15) is 24.0 Å². The Hall–Kier alpha value is -3.29. The van der Waals surface area contributed by atoms with Gasteiger partial charge in [0.05, 0.1) is 43.0 Å². The van der Waals surface area contributed by atoms with Crippen LogP contribution in [-0.4, -0.2) is 55.2 Å². The van der Waals surface area contributed by atoms with Crippen LogP contribution in [0.4, 0.5) is 0 Å². The molecular formula is C25H27NO7. The van der Waals surface area contributed by atoms with Gasteiger partial charge in [0.25, 0.3) is 11.8 Å². The third-order valence-corrected chi connectivity index (χ3v) is 6.83. The van der Waals surface area contributed by atoms with Gasteiger partial charge in [-0.15, -0.1) is 0 Å². The van der Waals surface area contributed by atoms with Gasteiger partial charge in [-0.3, -0.25) is 19.3 Å². The molecule has 0 aromatic heterocycles. The van der Waals surface area contributed by atoms with Crippen molar-refractivity contribution in [3.05, 3.63) is 45.5 Å². The van der Waals surface area contributed by atoms with Crippen molar-refractivity contribution in [2.75, 3.05) is 20.8 Å². The summed E-state index contributed by atoms with van der Waals surface area (Å²) in [6, 6.07) is 0. The molecule has 0 spiro atoms. The Kier molecular flexibility index (Phi) is 6.44. The molecule has 1 aliphatic heterocycles. The second kappa shape index (κ2) is 9.29. The summed E-state index contributed by atoms with van der Waals surface area (Å²) in [6.07, 6.45) is 9.32. The maximum atomic E-state index is 13.5. The predicted octanol–water partition coefficient (Wildman–Crippen LogP) is 3.05. The number of hydrogen-bond acceptors (Lipinski definition) is 7. The number of esters is 2. The summed E-state index contributed by atoms with van der Waals surface area (Å²) in [4.78, 5) is 66.4. The van der Waals surface area contributed by atoms with Gasteiger partial charge in [0.2, 0.25) is 0 Å².